The van der Waals surface area contributed by atoms with E-state index in [0.717, 1.165) is 0 Å². The zero-order chi connectivity index (χ0) is 21.7. The molecule has 0 atom stereocenters. The smallest absolute Gasteiger partial charge is 0.268 e. The molecule has 0 fully saturated rings. The van der Waals surface area contributed by atoms with Crippen LogP contribution in [0.25, 0.3) is 0 Å². The van der Waals surface area contributed by atoms with Crippen molar-refractivity contribution in [3.8, 4) is 5.88 Å². The maximum absolute atomic E-state index is 12.9. The van der Waals surface area contributed by atoms with E-state index < -0.39 is 17.7 Å². The van der Waals surface area contributed by atoms with E-state index in [1.165, 1.54) is 23.2 Å². The number of para-hydroxylation sites is 1. The third-order valence-corrected chi connectivity index (χ3v) is 5.37. The van der Waals surface area contributed by atoms with Crippen molar-refractivity contribution in [3.63, 3.8) is 0 Å². The highest BCUT2D eigenvalue weighted by Gasteiger charge is 2.31. The van der Waals surface area contributed by atoms with Crippen LogP contribution in [0.5, 0.6) is 5.88 Å². The highest BCUT2D eigenvalue weighted by atomic mass is 35.5. The Morgan fingerprint density at radius 1 is 1.00 bits per heavy atom. The standard InChI is InChI=1S/C20H11Cl2N5O4/c21-13-2-1-3-14(22)15(13)27-8-31-18-12(19(27)30)7-23-20(26-18)24-9-4-5-10-11(6-9)17(29)25-16(10)28/h1-7H,8H2,(H,23,24,26)(H,25,28,29). The van der Waals surface area contributed by atoms with Crippen LogP contribution in [-0.4, -0.2) is 34.4 Å². The summed E-state index contributed by atoms with van der Waals surface area (Å²) < 4.78 is 5.64. The number of fused-ring (bicyclic) bond motifs is 2. The molecule has 2 aliphatic rings. The maximum Gasteiger partial charge on any atom is 0.268 e. The first kappa shape index (κ1) is 19.3. The second-order valence-electron chi connectivity index (χ2n) is 6.66. The molecule has 154 valence electrons. The van der Waals surface area contributed by atoms with Gasteiger partial charge in [0, 0.05) is 11.9 Å². The number of imide groups is 1. The van der Waals surface area contributed by atoms with Crippen LogP contribution in [0.15, 0.2) is 42.6 Å². The Morgan fingerprint density at radius 3 is 2.52 bits per heavy atom. The van der Waals surface area contributed by atoms with Gasteiger partial charge in [0.15, 0.2) is 6.73 Å². The highest BCUT2D eigenvalue weighted by Crippen LogP contribution is 2.37. The topological polar surface area (TPSA) is 114 Å². The van der Waals surface area contributed by atoms with E-state index >= 15 is 0 Å². The summed E-state index contributed by atoms with van der Waals surface area (Å²) in [5.74, 6) is -1.07. The van der Waals surface area contributed by atoms with Crippen LogP contribution >= 0.6 is 23.2 Å². The number of nitrogens with zero attached hydrogens (tertiary/aromatic N) is 3. The molecule has 0 saturated heterocycles. The third-order valence-electron chi connectivity index (χ3n) is 4.76. The molecule has 0 radical (unpaired) electrons. The first-order valence-corrected chi connectivity index (χ1v) is 9.70. The van der Waals surface area contributed by atoms with Crippen molar-refractivity contribution in [1.29, 1.82) is 0 Å². The van der Waals surface area contributed by atoms with Crippen LogP contribution in [0.3, 0.4) is 0 Å². The monoisotopic (exact) mass is 455 g/mol. The lowest BCUT2D eigenvalue weighted by molar-refractivity contribution is 0.0877. The predicted octanol–water partition coefficient (Wildman–Crippen LogP) is 3.41. The largest absolute Gasteiger partial charge is 0.455 e. The fourth-order valence-electron chi connectivity index (χ4n) is 3.30. The molecule has 1 aromatic heterocycles. The van der Waals surface area contributed by atoms with Crippen molar-refractivity contribution in [2.75, 3.05) is 16.9 Å². The van der Waals surface area contributed by atoms with Crippen LogP contribution in [0.2, 0.25) is 10.0 Å². The van der Waals surface area contributed by atoms with Crippen molar-refractivity contribution in [2.24, 2.45) is 0 Å². The minimum atomic E-state index is -0.470. The van der Waals surface area contributed by atoms with E-state index in [0.29, 0.717) is 27.0 Å². The van der Waals surface area contributed by atoms with Gasteiger partial charge in [0.25, 0.3) is 17.7 Å². The molecule has 2 aliphatic heterocycles. The summed E-state index contributed by atoms with van der Waals surface area (Å²) in [5.41, 5.74) is 1.54. The molecule has 3 aromatic rings. The fourth-order valence-corrected chi connectivity index (χ4v) is 3.90. The fraction of sp³-hybridized carbons (Fsp3) is 0.0500. The van der Waals surface area contributed by atoms with E-state index in [1.54, 1.807) is 24.3 Å². The van der Waals surface area contributed by atoms with Crippen LogP contribution in [0.1, 0.15) is 31.1 Å². The highest BCUT2D eigenvalue weighted by molar-refractivity contribution is 6.40. The number of aromatic nitrogens is 2. The van der Waals surface area contributed by atoms with E-state index in [2.05, 4.69) is 20.6 Å². The van der Waals surface area contributed by atoms with Gasteiger partial charge >= 0.3 is 0 Å². The summed E-state index contributed by atoms with van der Waals surface area (Å²) in [5, 5.41) is 5.78. The number of hydrogen-bond donors (Lipinski definition) is 2. The Labute approximate surface area is 184 Å². The molecule has 3 amide bonds. The lowest BCUT2D eigenvalue weighted by Gasteiger charge is -2.29. The van der Waals surface area contributed by atoms with Gasteiger partial charge in [-0.1, -0.05) is 29.3 Å². The Hall–Kier alpha value is -3.69. The minimum Gasteiger partial charge on any atom is -0.455 e. The molecule has 0 unspecified atom stereocenters. The van der Waals surface area contributed by atoms with Gasteiger partial charge in [0.2, 0.25) is 11.8 Å². The normalized spacial score (nSPS) is 14.6. The van der Waals surface area contributed by atoms with Crippen LogP contribution in [0.4, 0.5) is 17.3 Å². The molecule has 0 bridgehead atoms. The number of benzene rings is 2. The Kier molecular flexibility index (Phi) is 4.49. The quantitative estimate of drug-likeness (QED) is 0.581. The molecule has 2 aromatic carbocycles. The first-order chi connectivity index (χ1) is 14.9. The van der Waals surface area contributed by atoms with Crippen molar-refractivity contribution < 1.29 is 19.1 Å². The Balaban J connectivity index is 1.42. The van der Waals surface area contributed by atoms with Gasteiger partial charge in [-0.3, -0.25) is 24.6 Å². The number of carbonyl (C=O) groups is 3. The molecule has 31 heavy (non-hydrogen) atoms. The molecule has 0 saturated carbocycles. The molecule has 2 N–H and O–H groups in total. The lowest BCUT2D eigenvalue weighted by atomic mass is 10.1. The van der Waals surface area contributed by atoms with Crippen molar-refractivity contribution in [2.45, 2.75) is 0 Å². The zero-order valence-electron chi connectivity index (χ0n) is 15.5. The van der Waals surface area contributed by atoms with Crippen LogP contribution in [0, 0.1) is 0 Å². The average Bonchev–Trinajstić information content (AvgIpc) is 3.02. The summed E-state index contributed by atoms with van der Waals surface area (Å²) in [6.45, 7) is -0.132. The molecule has 0 spiro atoms. The Morgan fingerprint density at radius 2 is 1.74 bits per heavy atom. The van der Waals surface area contributed by atoms with E-state index in [9.17, 15) is 14.4 Å². The van der Waals surface area contributed by atoms with Gasteiger partial charge in [0.1, 0.15) is 5.56 Å². The maximum atomic E-state index is 12.9. The van der Waals surface area contributed by atoms with Gasteiger partial charge in [-0.15, -0.1) is 0 Å². The summed E-state index contributed by atoms with van der Waals surface area (Å²) in [4.78, 5) is 46.1. The Bertz CT molecular complexity index is 1280. The average molecular weight is 456 g/mol. The molecule has 3 heterocycles. The molecular weight excluding hydrogens is 445 g/mol. The number of nitrogens with one attached hydrogen (secondary N) is 2. The summed E-state index contributed by atoms with van der Waals surface area (Å²) in [6, 6.07) is 9.59. The summed E-state index contributed by atoms with van der Waals surface area (Å²) in [6.07, 6.45) is 1.33. The second-order valence-corrected chi connectivity index (χ2v) is 7.47. The SMILES string of the molecule is O=C1NC(=O)c2cc(Nc3ncc4c(n3)OCN(c3c(Cl)cccc3Cl)C4=O)ccc21. The van der Waals surface area contributed by atoms with Crippen LogP contribution < -0.4 is 20.3 Å². The molecule has 11 heteroatoms. The first-order valence-electron chi connectivity index (χ1n) is 8.95. The number of amides is 3. The van der Waals surface area contributed by atoms with Crippen molar-refractivity contribution in [1.82, 2.24) is 15.3 Å². The summed E-state index contributed by atoms with van der Waals surface area (Å²) in [7, 11) is 0. The molecular formula is C20H11Cl2N5O4. The van der Waals surface area contributed by atoms with E-state index in [1.807, 2.05) is 0 Å². The number of hydrogen-bond acceptors (Lipinski definition) is 7. The summed E-state index contributed by atoms with van der Waals surface area (Å²) >= 11 is 12.4. The zero-order valence-corrected chi connectivity index (χ0v) is 17.0. The molecule has 9 nitrogen and oxygen atoms in total. The van der Waals surface area contributed by atoms with Gasteiger partial charge in [-0.2, -0.15) is 4.98 Å². The van der Waals surface area contributed by atoms with Gasteiger partial charge < -0.3 is 10.1 Å². The molecule has 5 rings (SSSR count). The van der Waals surface area contributed by atoms with E-state index in [4.69, 9.17) is 27.9 Å². The third kappa shape index (κ3) is 3.24. The van der Waals surface area contributed by atoms with Crippen LogP contribution in [-0.2, 0) is 0 Å². The minimum absolute atomic E-state index is 0.0935. The van der Waals surface area contributed by atoms with Gasteiger partial charge in [-0.05, 0) is 30.3 Å². The number of anilines is 3. The van der Waals surface area contributed by atoms with Crippen molar-refractivity contribution in [3.05, 3.63) is 69.3 Å². The number of ether oxygens (including phenoxy) is 1. The predicted molar refractivity (Wildman–Crippen MR) is 112 cm³/mol. The number of halogens is 2. The molecule has 0 aliphatic carbocycles. The number of rotatable bonds is 3. The lowest BCUT2D eigenvalue weighted by Crippen LogP contribution is -2.39. The van der Waals surface area contributed by atoms with Gasteiger partial charge in [0.05, 0.1) is 26.9 Å². The number of carbonyl (C=O) groups excluding carboxylic acids is 3. The second kappa shape index (κ2) is 7.22. The van der Waals surface area contributed by atoms with Gasteiger partial charge in [-0.25, -0.2) is 4.98 Å². The van der Waals surface area contributed by atoms with Crippen molar-refractivity contribution >= 4 is 58.2 Å². The van der Waals surface area contributed by atoms with E-state index in [-0.39, 0.29) is 29.7 Å².